The standard InChI is InChI=1S/C23H27N5O4S/c1-17-21(23(30)28(26(17)3)19-9-5-4-6-10-19)24-33(31,32)20-11-7-8-18(16-20)22(29)27-14-12-25(2)13-15-27/h4-11,16,24H,12-15H2,1-3H3/p+1. The van der Waals surface area contributed by atoms with E-state index in [-0.39, 0.29) is 16.5 Å². The zero-order valence-electron chi connectivity index (χ0n) is 18.9. The van der Waals surface area contributed by atoms with E-state index in [9.17, 15) is 18.0 Å². The molecule has 0 unspecified atom stereocenters. The van der Waals surface area contributed by atoms with Crippen LogP contribution in [0.25, 0.3) is 5.69 Å². The van der Waals surface area contributed by atoms with Crippen molar-refractivity contribution in [3.8, 4) is 5.69 Å². The first-order valence-corrected chi connectivity index (χ1v) is 12.2. The van der Waals surface area contributed by atoms with Crippen LogP contribution in [0.2, 0.25) is 0 Å². The number of nitrogens with one attached hydrogen (secondary N) is 2. The summed E-state index contributed by atoms with van der Waals surface area (Å²) in [6, 6.07) is 14.9. The summed E-state index contributed by atoms with van der Waals surface area (Å²) in [6.07, 6.45) is 0. The molecule has 0 aliphatic carbocycles. The number of hydrogen-bond donors (Lipinski definition) is 2. The lowest BCUT2D eigenvalue weighted by Gasteiger charge is -2.30. The van der Waals surface area contributed by atoms with E-state index in [1.165, 1.54) is 21.7 Å². The summed E-state index contributed by atoms with van der Waals surface area (Å²) in [6.45, 7) is 4.64. The number of para-hydroxylation sites is 1. The number of quaternary nitrogens is 1. The third kappa shape index (κ3) is 4.44. The lowest BCUT2D eigenvalue weighted by atomic mass is 10.2. The number of carbonyl (C=O) groups is 1. The summed E-state index contributed by atoms with van der Waals surface area (Å²) in [5, 5.41) is 0. The number of piperazine rings is 1. The van der Waals surface area contributed by atoms with Crippen molar-refractivity contribution in [2.24, 2.45) is 7.05 Å². The topological polar surface area (TPSA) is 97.9 Å². The minimum absolute atomic E-state index is 0.0277. The summed E-state index contributed by atoms with van der Waals surface area (Å²) >= 11 is 0. The third-order valence-corrected chi connectivity index (χ3v) is 7.43. The molecule has 1 amide bonds. The number of hydrogen-bond acceptors (Lipinski definition) is 4. The minimum Gasteiger partial charge on any atom is -0.334 e. The molecule has 2 aromatic carbocycles. The molecule has 0 spiro atoms. The summed E-state index contributed by atoms with van der Waals surface area (Å²) < 4.78 is 31.8. The molecule has 0 atom stereocenters. The maximum Gasteiger partial charge on any atom is 0.296 e. The molecule has 1 fully saturated rings. The maximum absolute atomic E-state index is 13.2. The fraction of sp³-hybridized carbons (Fsp3) is 0.304. The van der Waals surface area contributed by atoms with Gasteiger partial charge in [-0.25, -0.2) is 13.1 Å². The van der Waals surface area contributed by atoms with Gasteiger partial charge in [-0.15, -0.1) is 0 Å². The molecular formula is C23H28N5O4S+. The molecule has 174 valence electrons. The predicted octanol–water partition coefficient (Wildman–Crippen LogP) is 0.256. The highest BCUT2D eigenvalue weighted by atomic mass is 32.2. The Hall–Kier alpha value is -3.37. The number of nitrogens with zero attached hydrogens (tertiary/aromatic N) is 3. The van der Waals surface area contributed by atoms with E-state index < -0.39 is 15.6 Å². The largest absolute Gasteiger partial charge is 0.334 e. The van der Waals surface area contributed by atoms with Gasteiger partial charge in [0.2, 0.25) is 0 Å². The van der Waals surface area contributed by atoms with Gasteiger partial charge < -0.3 is 9.80 Å². The van der Waals surface area contributed by atoms with Crippen LogP contribution in [-0.4, -0.2) is 61.8 Å². The van der Waals surface area contributed by atoms with Crippen LogP contribution in [0.1, 0.15) is 16.1 Å². The SMILES string of the molecule is Cc1c(NS(=O)(=O)c2cccc(C(=O)N3CC[NH+](C)CC3)c2)c(=O)n(-c2ccccc2)n1C. The van der Waals surface area contributed by atoms with Gasteiger partial charge in [0.15, 0.2) is 0 Å². The summed E-state index contributed by atoms with van der Waals surface area (Å²) in [5.41, 5.74) is 0.903. The highest BCUT2D eigenvalue weighted by molar-refractivity contribution is 7.92. The summed E-state index contributed by atoms with van der Waals surface area (Å²) in [4.78, 5) is 29.0. The highest BCUT2D eigenvalue weighted by Crippen LogP contribution is 2.20. The molecule has 33 heavy (non-hydrogen) atoms. The summed E-state index contributed by atoms with van der Waals surface area (Å²) in [7, 11) is -0.317. The fourth-order valence-corrected chi connectivity index (χ4v) is 5.11. The normalized spacial score (nSPS) is 14.9. The number of anilines is 1. The van der Waals surface area contributed by atoms with Gasteiger partial charge in [-0.3, -0.25) is 19.0 Å². The van der Waals surface area contributed by atoms with Crippen LogP contribution in [0.3, 0.4) is 0 Å². The van der Waals surface area contributed by atoms with Crippen molar-refractivity contribution >= 4 is 21.6 Å². The van der Waals surface area contributed by atoms with E-state index in [1.54, 1.807) is 60.0 Å². The molecular weight excluding hydrogens is 442 g/mol. The van der Waals surface area contributed by atoms with Crippen molar-refractivity contribution in [3.63, 3.8) is 0 Å². The van der Waals surface area contributed by atoms with Crippen molar-refractivity contribution in [3.05, 3.63) is 76.2 Å². The number of aromatic nitrogens is 2. The molecule has 4 rings (SSSR count). The number of likely N-dealkylation sites (N-methyl/N-ethyl adjacent to an activating group) is 1. The number of rotatable bonds is 5. The first-order valence-electron chi connectivity index (χ1n) is 10.8. The van der Waals surface area contributed by atoms with Crippen LogP contribution in [-0.2, 0) is 17.1 Å². The first kappa shape index (κ1) is 22.8. The molecule has 0 radical (unpaired) electrons. The van der Waals surface area contributed by atoms with Crippen LogP contribution < -0.4 is 15.2 Å². The van der Waals surface area contributed by atoms with Crippen LogP contribution >= 0.6 is 0 Å². The monoisotopic (exact) mass is 470 g/mol. The quantitative estimate of drug-likeness (QED) is 0.559. The van der Waals surface area contributed by atoms with Crippen molar-refractivity contribution in [2.75, 3.05) is 37.9 Å². The Morgan fingerprint density at radius 3 is 2.36 bits per heavy atom. The number of amides is 1. The average molecular weight is 471 g/mol. The van der Waals surface area contributed by atoms with Crippen LogP contribution in [0, 0.1) is 6.92 Å². The van der Waals surface area contributed by atoms with Gasteiger partial charge in [0.25, 0.3) is 21.5 Å². The zero-order chi connectivity index (χ0) is 23.8. The molecule has 1 aliphatic rings. The average Bonchev–Trinajstić information content (AvgIpc) is 3.02. The van der Waals surface area contributed by atoms with Gasteiger partial charge >= 0.3 is 0 Å². The number of benzene rings is 2. The Morgan fingerprint density at radius 1 is 1.03 bits per heavy atom. The molecule has 0 bridgehead atoms. The van der Waals surface area contributed by atoms with E-state index in [0.29, 0.717) is 30.0 Å². The lowest BCUT2D eigenvalue weighted by Crippen LogP contribution is -3.12. The second-order valence-electron chi connectivity index (χ2n) is 8.32. The highest BCUT2D eigenvalue weighted by Gasteiger charge is 2.26. The van der Waals surface area contributed by atoms with Crippen LogP contribution in [0.15, 0.2) is 64.3 Å². The molecule has 10 heteroatoms. The molecule has 2 heterocycles. The molecule has 1 aromatic heterocycles. The van der Waals surface area contributed by atoms with E-state index >= 15 is 0 Å². The predicted molar refractivity (Wildman–Crippen MR) is 126 cm³/mol. The maximum atomic E-state index is 13.2. The minimum atomic E-state index is -4.09. The second kappa shape index (κ2) is 8.87. The Kier molecular flexibility index (Phi) is 6.13. The van der Waals surface area contributed by atoms with Gasteiger partial charge in [0.05, 0.1) is 49.5 Å². The molecule has 1 saturated heterocycles. The number of sulfonamides is 1. The van der Waals surface area contributed by atoms with Crippen molar-refractivity contribution in [2.45, 2.75) is 11.8 Å². The van der Waals surface area contributed by atoms with E-state index in [4.69, 9.17) is 0 Å². The van der Waals surface area contributed by atoms with Gasteiger partial charge in [0, 0.05) is 12.6 Å². The van der Waals surface area contributed by atoms with Gasteiger partial charge in [-0.1, -0.05) is 24.3 Å². The zero-order valence-corrected chi connectivity index (χ0v) is 19.7. The Bertz CT molecular complexity index is 1340. The second-order valence-corrected chi connectivity index (χ2v) is 10.0. The Balaban J connectivity index is 1.64. The van der Waals surface area contributed by atoms with Gasteiger partial charge in [0.1, 0.15) is 5.69 Å². The van der Waals surface area contributed by atoms with E-state index in [2.05, 4.69) is 11.8 Å². The van der Waals surface area contributed by atoms with Crippen molar-refractivity contribution < 1.29 is 18.1 Å². The fourth-order valence-electron chi connectivity index (χ4n) is 3.95. The van der Waals surface area contributed by atoms with Crippen molar-refractivity contribution in [1.82, 2.24) is 14.3 Å². The van der Waals surface area contributed by atoms with E-state index in [1.807, 2.05) is 6.07 Å². The molecule has 1 aliphatic heterocycles. The smallest absolute Gasteiger partial charge is 0.296 e. The number of carbonyl (C=O) groups excluding carboxylic acids is 1. The Morgan fingerprint density at radius 2 is 1.70 bits per heavy atom. The van der Waals surface area contributed by atoms with Gasteiger partial charge in [-0.2, -0.15) is 0 Å². The first-order chi connectivity index (χ1) is 15.7. The molecule has 2 N–H and O–H groups in total. The van der Waals surface area contributed by atoms with E-state index in [0.717, 1.165) is 13.1 Å². The lowest BCUT2D eigenvalue weighted by molar-refractivity contribution is -0.883. The summed E-state index contributed by atoms with van der Waals surface area (Å²) in [5.74, 6) is -0.193. The molecule has 0 saturated carbocycles. The third-order valence-electron chi connectivity index (χ3n) is 6.09. The Labute approximate surface area is 192 Å². The van der Waals surface area contributed by atoms with Crippen LogP contribution in [0.5, 0.6) is 0 Å². The van der Waals surface area contributed by atoms with Crippen molar-refractivity contribution in [1.29, 1.82) is 0 Å². The molecule has 3 aromatic rings. The van der Waals surface area contributed by atoms with Gasteiger partial charge in [-0.05, 0) is 37.3 Å². The van der Waals surface area contributed by atoms with Crippen LogP contribution in [0.4, 0.5) is 5.69 Å². The molecule has 9 nitrogen and oxygen atoms in total.